The van der Waals surface area contributed by atoms with Gasteiger partial charge in [0.25, 0.3) is 5.91 Å². The number of aliphatic carboxylic acids is 2. The first-order chi connectivity index (χ1) is 19.6. The summed E-state index contributed by atoms with van der Waals surface area (Å²) in [7, 11) is 3.25. The Bertz CT molecular complexity index is 1370. The molecule has 3 aromatic rings. The topological polar surface area (TPSA) is 156 Å². The van der Waals surface area contributed by atoms with Crippen LogP contribution in [0.3, 0.4) is 0 Å². The van der Waals surface area contributed by atoms with Crippen molar-refractivity contribution in [3.63, 3.8) is 0 Å². The number of hydrogen-bond acceptors (Lipinski definition) is 6. The van der Waals surface area contributed by atoms with Gasteiger partial charge in [0.1, 0.15) is 29.8 Å². The van der Waals surface area contributed by atoms with Crippen LogP contribution in [0.4, 0.5) is 0 Å². The molecule has 0 fully saturated rings. The van der Waals surface area contributed by atoms with Crippen molar-refractivity contribution in [2.24, 2.45) is 0 Å². The number of amides is 2. The summed E-state index contributed by atoms with van der Waals surface area (Å²) in [5.74, 6) is -1.83. The second-order valence-electron chi connectivity index (χ2n) is 9.78. The minimum atomic E-state index is -1.13. The number of nitrogens with zero attached hydrogens (tertiary/aromatic N) is 1. The molecule has 3 rings (SSSR count). The third-order valence-corrected chi connectivity index (χ3v) is 6.76. The molecule has 11 nitrogen and oxygen atoms in total. The minimum Gasteiger partial charge on any atom is -0.496 e. The summed E-state index contributed by atoms with van der Waals surface area (Å²) in [5.41, 5.74) is 2.66. The molecule has 2 amide bonds. The Balaban J connectivity index is 1.60. The largest absolute Gasteiger partial charge is 0.496 e. The van der Waals surface area contributed by atoms with Gasteiger partial charge in [0, 0.05) is 29.4 Å². The van der Waals surface area contributed by atoms with Crippen molar-refractivity contribution in [2.45, 2.75) is 58.0 Å². The number of rotatable bonds is 16. The Labute approximate surface area is 238 Å². The van der Waals surface area contributed by atoms with Crippen LogP contribution in [-0.2, 0) is 27.3 Å². The Hall–Kier alpha value is -4.54. The summed E-state index contributed by atoms with van der Waals surface area (Å²) in [5, 5.41) is 24.6. The first-order valence-electron chi connectivity index (χ1n) is 13.5. The number of carbonyl (C=O) groups is 4. The molecular formula is C30H37N3O8. The van der Waals surface area contributed by atoms with Crippen molar-refractivity contribution >= 4 is 34.7 Å². The molecular weight excluding hydrogens is 530 g/mol. The monoisotopic (exact) mass is 567 g/mol. The van der Waals surface area contributed by atoms with E-state index in [9.17, 15) is 24.3 Å². The van der Waals surface area contributed by atoms with Gasteiger partial charge < -0.3 is 34.9 Å². The van der Waals surface area contributed by atoms with Gasteiger partial charge in [-0.05, 0) is 62.4 Å². The maximum Gasteiger partial charge on any atom is 0.323 e. The molecule has 4 N–H and O–H groups in total. The fourth-order valence-electron chi connectivity index (χ4n) is 4.77. The van der Waals surface area contributed by atoms with Crippen LogP contribution in [0.2, 0.25) is 0 Å². The van der Waals surface area contributed by atoms with Gasteiger partial charge >= 0.3 is 11.9 Å². The molecule has 0 aliphatic carbocycles. The van der Waals surface area contributed by atoms with Crippen LogP contribution < -0.4 is 20.1 Å². The highest BCUT2D eigenvalue weighted by atomic mass is 16.5. The van der Waals surface area contributed by atoms with E-state index in [1.54, 1.807) is 44.6 Å². The molecule has 41 heavy (non-hydrogen) atoms. The lowest BCUT2D eigenvalue weighted by atomic mass is 10.0. The summed E-state index contributed by atoms with van der Waals surface area (Å²) >= 11 is 0. The van der Waals surface area contributed by atoms with E-state index >= 15 is 0 Å². The van der Waals surface area contributed by atoms with Gasteiger partial charge in [-0.2, -0.15) is 0 Å². The number of carbonyl (C=O) groups excluding carboxylic acids is 2. The summed E-state index contributed by atoms with van der Waals surface area (Å²) in [6, 6.07) is 11.3. The van der Waals surface area contributed by atoms with Gasteiger partial charge in [-0.15, -0.1) is 0 Å². The van der Waals surface area contributed by atoms with Crippen LogP contribution in [0.25, 0.3) is 10.9 Å². The maximum atomic E-state index is 13.2. The van der Waals surface area contributed by atoms with Gasteiger partial charge in [0.05, 0.1) is 14.2 Å². The van der Waals surface area contributed by atoms with E-state index < -0.39 is 36.3 Å². The average Bonchev–Trinajstić information content (AvgIpc) is 3.30. The second kappa shape index (κ2) is 14.7. The number of hydrogen-bond donors (Lipinski definition) is 4. The Morgan fingerprint density at radius 2 is 1.61 bits per heavy atom. The van der Waals surface area contributed by atoms with Crippen LogP contribution in [0.5, 0.6) is 11.5 Å². The fraction of sp³-hybridized carbons (Fsp3) is 0.400. The number of nitrogens with one attached hydrogen (secondary N) is 2. The zero-order valence-electron chi connectivity index (χ0n) is 23.6. The van der Waals surface area contributed by atoms with Gasteiger partial charge in [-0.3, -0.25) is 19.2 Å². The van der Waals surface area contributed by atoms with Crippen molar-refractivity contribution in [3.05, 3.63) is 59.3 Å². The second-order valence-corrected chi connectivity index (χ2v) is 9.78. The number of fused-ring (bicyclic) bond motifs is 1. The normalized spacial score (nSPS) is 11.6. The number of aromatic nitrogens is 1. The molecule has 0 aliphatic heterocycles. The third kappa shape index (κ3) is 8.47. The number of ether oxygens (including phenoxy) is 2. The average molecular weight is 568 g/mol. The molecule has 1 aromatic heterocycles. The highest BCUT2D eigenvalue weighted by Crippen LogP contribution is 2.31. The fourth-order valence-corrected chi connectivity index (χ4v) is 4.77. The van der Waals surface area contributed by atoms with Crippen molar-refractivity contribution in [1.82, 2.24) is 15.2 Å². The molecule has 0 saturated heterocycles. The molecule has 1 heterocycles. The highest BCUT2D eigenvalue weighted by molar-refractivity contribution is 6.01. The van der Waals surface area contributed by atoms with E-state index in [0.29, 0.717) is 23.9 Å². The molecule has 0 unspecified atom stereocenters. The number of unbranched alkanes of at least 4 members (excludes halogenated alkanes) is 2. The van der Waals surface area contributed by atoms with E-state index in [0.717, 1.165) is 41.9 Å². The first kappa shape index (κ1) is 31.0. The van der Waals surface area contributed by atoms with Crippen molar-refractivity contribution in [1.29, 1.82) is 0 Å². The lowest BCUT2D eigenvalue weighted by Crippen LogP contribution is -2.47. The number of carboxylic acid groups (broad SMARTS) is 2. The lowest BCUT2D eigenvalue weighted by molar-refractivity contribution is -0.138. The third-order valence-electron chi connectivity index (χ3n) is 6.76. The van der Waals surface area contributed by atoms with Crippen LogP contribution in [0, 0.1) is 6.92 Å². The number of aryl methyl sites for hydroxylation is 1. The molecule has 1 atom stereocenters. The molecule has 0 radical (unpaired) electrons. The molecule has 0 saturated carbocycles. The summed E-state index contributed by atoms with van der Waals surface area (Å²) in [4.78, 5) is 48.8. The zero-order valence-corrected chi connectivity index (χ0v) is 23.6. The van der Waals surface area contributed by atoms with Crippen molar-refractivity contribution in [2.75, 3.05) is 20.8 Å². The standard InChI is InChI=1S/C30H37N3O8/c1-19-15-25(40-2)21(26(16-19)41-3)10-5-4-8-14-31-29(38)22(12-13-27(34)35)32-30(39)24-17-20-9-6-7-11-23(20)33(24)18-28(36)37/h6-7,9,11,15-17,22H,4-5,8,10,12-14,18H2,1-3H3,(H,31,38)(H,32,39)(H,34,35)(H,36,37)/t22-/m1/s1. The quantitative estimate of drug-likeness (QED) is 0.192. The van der Waals surface area contributed by atoms with Gasteiger partial charge in [0.15, 0.2) is 0 Å². The molecule has 220 valence electrons. The van der Waals surface area contributed by atoms with Crippen molar-refractivity contribution < 1.29 is 38.9 Å². The molecule has 0 aliphatic rings. The van der Waals surface area contributed by atoms with E-state index in [1.165, 1.54) is 4.57 Å². The van der Waals surface area contributed by atoms with Crippen LogP contribution in [0.15, 0.2) is 42.5 Å². The Morgan fingerprint density at radius 3 is 2.24 bits per heavy atom. The Morgan fingerprint density at radius 1 is 0.927 bits per heavy atom. The molecule has 11 heteroatoms. The van der Waals surface area contributed by atoms with Crippen molar-refractivity contribution in [3.8, 4) is 11.5 Å². The molecule has 0 spiro atoms. The first-order valence-corrected chi connectivity index (χ1v) is 13.5. The predicted molar refractivity (Wildman–Crippen MR) is 153 cm³/mol. The van der Waals surface area contributed by atoms with E-state index in [1.807, 2.05) is 19.1 Å². The molecule has 0 bridgehead atoms. The van der Waals surface area contributed by atoms with Crippen LogP contribution >= 0.6 is 0 Å². The van der Waals surface area contributed by atoms with Gasteiger partial charge in [-0.25, -0.2) is 0 Å². The van der Waals surface area contributed by atoms with E-state index in [-0.39, 0.29) is 18.5 Å². The summed E-state index contributed by atoms with van der Waals surface area (Å²) in [6.07, 6.45) is 2.62. The number of methoxy groups -OCH3 is 2. The smallest absolute Gasteiger partial charge is 0.323 e. The molecule has 2 aromatic carbocycles. The minimum absolute atomic E-state index is 0.0729. The van der Waals surface area contributed by atoms with Crippen LogP contribution in [0.1, 0.15) is 53.7 Å². The number of para-hydroxylation sites is 1. The van der Waals surface area contributed by atoms with E-state index in [4.69, 9.17) is 14.6 Å². The van der Waals surface area contributed by atoms with Gasteiger partial charge in [0.2, 0.25) is 5.91 Å². The predicted octanol–water partition coefficient (Wildman–Crippen LogP) is 3.54. The summed E-state index contributed by atoms with van der Waals surface area (Å²) < 4.78 is 12.4. The number of carboxylic acids is 2. The SMILES string of the molecule is COc1cc(C)cc(OC)c1CCCCCNC(=O)[C@@H](CCC(=O)O)NC(=O)c1cc2ccccc2n1CC(=O)O. The zero-order chi connectivity index (χ0) is 29.9. The highest BCUT2D eigenvalue weighted by Gasteiger charge is 2.25. The van der Waals surface area contributed by atoms with Crippen LogP contribution in [-0.4, -0.2) is 65.3 Å². The number of benzene rings is 2. The maximum absolute atomic E-state index is 13.2. The van der Waals surface area contributed by atoms with E-state index in [2.05, 4.69) is 10.6 Å². The lowest BCUT2D eigenvalue weighted by Gasteiger charge is -2.18. The Kier molecular flexibility index (Phi) is 11.1. The van der Waals surface area contributed by atoms with Gasteiger partial charge in [-0.1, -0.05) is 24.6 Å². The summed E-state index contributed by atoms with van der Waals surface area (Å²) in [6.45, 7) is 1.88.